The maximum Gasteiger partial charge on any atom is 0.0130 e. The molecule has 0 saturated heterocycles. The van der Waals surface area contributed by atoms with Crippen LogP contribution in [0.25, 0.3) is 11.1 Å². The zero-order chi connectivity index (χ0) is 13.5. The van der Waals surface area contributed by atoms with Crippen LogP contribution < -0.4 is 0 Å². The van der Waals surface area contributed by atoms with E-state index in [1.165, 1.54) is 52.4 Å². The van der Waals surface area contributed by atoms with E-state index in [0.29, 0.717) is 0 Å². The second-order valence-electron chi connectivity index (χ2n) is 5.01. The molecular weight excluding hydrogens is 343 g/mol. The molecule has 0 aromatic heterocycles. The minimum atomic E-state index is 1.22. The molecule has 0 saturated carbocycles. The van der Waals surface area contributed by atoms with Gasteiger partial charge in [0.15, 0.2) is 0 Å². The highest BCUT2D eigenvalue weighted by atomic mass is 127. The van der Waals surface area contributed by atoms with Gasteiger partial charge in [0.25, 0.3) is 0 Å². The Kier molecular flexibility index (Phi) is 5.90. The van der Waals surface area contributed by atoms with Crippen LogP contribution in [-0.2, 0) is 6.42 Å². The predicted molar refractivity (Wildman–Crippen MR) is 92.4 cm³/mol. The molecule has 0 aliphatic heterocycles. The number of unbranched alkanes of at least 4 members (excludes halogenated alkanes) is 3. The average molecular weight is 364 g/mol. The predicted octanol–water partition coefficient (Wildman–Crippen LogP) is 6.08. The van der Waals surface area contributed by atoms with Crippen LogP contribution in [0.5, 0.6) is 0 Å². The second-order valence-corrected chi connectivity index (χ2v) is 6.26. The number of hydrogen-bond acceptors (Lipinski definition) is 0. The molecule has 100 valence electrons. The Morgan fingerprint density at radius 2 is 1.32 bits per heavy atom. The molecule has 0 unspecified atom stereocenters. The van der Waals surface area contributed by atoms with Crippen molar-refractivity contribution in [2.45, 2.75) is 39.0 Å². The summed E-state index contributed by atoms with van der Waals surface area (Å²) in [4.78, 5) is 0. The molecule has 2 rings (SSSR count). The zero-order valence-electron chi connectivity index (χ0n) is 11.5. The lowest BCUT2D eigenvalue weighted by Crippen LogP contribution is -1.86. The average Bonchev–Trinajstić information content (AvgIpc) is 2.45. The smallest absolute Gasteiger partial charge is 0.0130 e. The van der Waals surface area contributed by atoms with Crippen LogP contribution in [-0.4, -0.2) is 0 Å². The van der Waals surface area contributed by atoms with Crippen LogP contribution in [0, 0.1) is 3.57 Å². The van der Waals surface area contributed by atoms with Gasteiger partial charge in [0.05, 0.1) is 0 Å². The molecule has 0 radical (unpaired) electrons. The lowest BCUT2D eigenvalue weighted by atomic mass is 10.0. The van der Waals surface area contributed by atoms with Crippen LogP contribution in [0.3, 0.4) is 0 Å². The van der Waals surface area contributed by atoms with Crippen molar-refractivity contribution in [2.24, 2.45) is 0 Å². The van der Waals surface area contributed by atoms with E-state index >= 15 is 0 Å². The molecule has 0 heterocycles. The first kappa shape index (κ1) is 14.6. The fraction of sp³-hybridized carbons (Fsp3) is 0.333. The van der Waals surface area contributed by atoms with Crippen molar-refractivity contribution >= 4 is 22.6 Å². The topological polar surface area (TPSA) is 0 Å². The summed E-state index contributed by atoms with van der Waals surface area (Å²) in [5, 5.41) is 0. The van der Waals surface area contributed by atoms with Gasteiger partial charge in [-0.1, -0.05) is 62.6 Å². The molecule has 2 aromatic rings. The lowest BCUT2D eigenvalue weighted by Gasteiger charge is -2.05. The van der Waals surface area contributed by atoms with E-state index in [0.717, 1.165) is 0 Å². The molecule has 0 bridgehead atoms. The molecule has 19 heavy (non-hydrogen) atoms. The van der Waals surface area contributed by atoms with E-state index in [4.69, 9.17) is 0 Å². The van der Waals surface area contributed by atoms with Crippen molar-refractivity contribution in [2.75, 3.05) is 0 Å². The summed E-state index contributed by atoms with van der Waals surface area (Å²) >= 11 is 2.34. The van der Waals surface area contributed by atoms with Gasteiger partial charge in [0.1, 0.15) is 0 Å². The summed E-state index contributed by atoms with van der Waals surface area (Å²) in [5.41, 5.74) is 4.08. The molecule has 0 N–H and O–H groups in total. The largest absolute Gasteiger partial charge is 0.0654 e. The quantitative estimate of drug-likeness (QED) is 0.430. The van der Waals surface area contributed by atoms with Gasteiger partial charge in [0, 0.05) is 3.57 Å². The standard InChI is InChI=1S/C18H21I/c1-2-3-4-5-6-15-7-9-16(10-8-15)17-11-13-18(19)14-12-17/h7-14H,2-6H2,1H3. The third-order valence-corrected chi connectivity index (χ3v) is 4.17. The van der Waals surface area contributed by atoms with Crippen LogP contribution >= 0.6 is 22.6 Å². The molecule has 0 spiro atoms. The summed E-state index contributed by atoms with van der Waals surface area (Å²) < 4.78 is 1.29. The van der Waals surface area contributed by atoms with Gasteiger partial charge in [-0.05, 0) is 64.3 Å². The fourth-order valence-electron chi connectivity index (χ4n) is 2.26. The van der Waals surface area contributed by atoms with Crippen LogP contribution in [0.2, 0.25) is 0 Å². The van der Waals surface area contributed by atoms with E-state index < -0.39 is 0 Å². The van der Waals surface area contributed by atoms with Crippen molar-refractivity contribution < 1.29 is 0 Å². The van der Waals surface area contributed by atoms with Gasteiger partial charge in [0.2, 0.25) is 0 Å². The first-order valence-corrected chi connectivity index (χ1v) is 8.22. The lowest BCUT2D eigenvalue weighted by molar-refractivity contribution is 0.667. The Morgan fingerprint density at radius 3 is 1.89 bits per heavy atom. The highest BCUT2D eigenvalue weighted by Gasteiger charge is 1.98. The zero-order valence-corrected chi connectivity index (χ0v) is 13.7. The second kappa shape index (κ2) is 7.68. The van der Waals surface area contributed by atoms with Crippen molar-refractivity contribution in [1.82, 2.24) is 0 Å². The number of aryl methyl sites for hydroxylation is 1. The highest BCUT2D eigenvalue weighted by Crippen LogP contribution is 2.21. The summed E-state index contributed by atoms with van der Waals surface area (Å²) in [6.07, 6.45) is 6.56. The minimum Gasteiger partial charge on any atom is -0.0654 e. The summed E-state index contributed by atoms with van der Waals surface area (Å²) in [6.45, 7) is 2.26. The molecule has 0 aliphatic rings. The van der Waals surface area contributed by atoms with Gasteiger partial charge in [-0.25, -0.2) is 0 Å². The summed E-state index contributed by atoms with van der Waals surface area (Å²) in [5.74, 6) is 0. The Balaban J connectivity index is 1.96. The van der Waals surface area contributed by atoms with Gasteiger partial charge in [-0.3, -0.25) is 0 Å². The van der Waals surface area contributed by atoms with Crippen molar-refractivity contribution in [3.63, 3.8) is 0 Å². The monoisotopic (exact) mass is 364 g/mol. The number of halogens is 1. The van der Waals surface area contributed by atoms with Crippen molar-refractivity contribution in [3.8, 4) is 11.1 Å². The number of rotatable bonds is 6. The van der Waals surface area contributed by atoms with Gasteiger partial charge < -0.3 is 0 Å². The van der Waals surface area contributed by atoms with Crippen molar-refractivity contribution in [1.29, 1.82) is 0 Å². The summed E-state index contributed by atoms with van der Waals surface area (Å²) in [7, 11) is 0. The molecule has 0 amide bonds. The third-order valence-electron chi connectivity index (χ3n) is 3.45. The van der Waals surface area contributed by atoms with E-state index in [2.05, 4.69) is 78.0 Å². The Hall–Kier alpha value is -0.830. The fourth-order valence-corrected chi connectivity index (χ4v) is 2.62. The Morgan fingerprint density at radius 1 is 0.737 bits per heavy atom. The first-order valence-electron chi connectivity index (χ1n) is 7.14. The molecule has 0 fully saturated rings. The summed E-state index contributed by atoms with van der Waals surface area (Å²) in [6, 6.07) is 17.8. The molecule has 0 atom stereocenters. The normalized spacial score (nSPS) is 10.6. The highest BCUT2D eigenvalue weighted by molar-refractivity contribution is 14.1. The van der Waals surface area contributed by atoms with Gasteiger partial charge in [-0.15, -0.1) is 0 Å². The number of hydrogen-bond donors (Lipinski definition) is 0. The molecular formula is C18H21I. The van der Waals surface area contributed by atoms with Crippen molar-refractivity contribution in [3.05, 3.63) is 57.7 Å². The van der Waals surface area contributed by atoms with E-state index in [-0.39, 0.29) is 0 Å². The molecule has 0 nitrogen and oxygen atoms in total. The van der Waals surface area contributed by atoms with E-state index in [1.54, 1.807) is 0 Å². The van der Waals surface area contributed by atoms with E-state index in [1.807, 2.05) is 0 Å². The maximum atomic E-state index is 2.34. The van der Waals surface area contributed by atoms with Crippen LogP contribution in [0.1, 0.15) is 38.2 Å². The molecule has 1 heteroatoms. The Labute approximate surface area is 130 Å². The SMILES string of the molecule is CCCCCCc1ccc(-c2ccc(I)cc2)cc1. The minimum absolute atomic E-state index is 1.22. The Bertz CT molecular complexity index is 482. The van der Waals surface area contributed by atoms with Crippen LogP contribution in [0.15, 0.2) is 48.5 Å². The third kappa shape index (κ3) is 4.64. The van der Waals surface area contributed by atoms with Gasteiger partial charge >= 0.3 is 0 Å². The first-order chi connectivity index (χ1) is 9.29. The van der Waals surface area contributed by atoms with Crippen LogP contribution in [0.4, 0.5) is 0 Å². The van der Waals surface area contributed by atoms with E-state index in [9.17, 15) is 0 Å². The number of benzene rings is 2. The molecule has 2 aromatic carbocycles. The van der Waals surface area contributed by atoms with Gasteiger partial charge in [-0.2, -0.15) is 0 Å². The maximum absolute atomic E-state index is 2.34. The molecule has 0 aliphatic carbocycles.